The van der Waals surface area contributed by atoms with Gasteiger partial charge in [0.25, 0.3) is 5.56 Å². The van der Waals surface area contributed by atoms with Crippen LogP contribution in [0.5, 0.6) is 11.5 Å². The summed E-state index contributed by atoms with van der Waals surface area (Å²) < 4.78 is 13.1. The van der Waals surface area contributed by atoms with Gasteiger partial charge in [0.15, 0.2) is 0 Å². The van der Waals surface area contributed by atoms with Crippen LogP contribution in [0.1, 0.15) is 0 Å². The van der Waals surface area contributed by atoms with Crippen LogP contribution in [0.4, 0.5) is 0 Å². The lowest BCUT2D eigenvalue weighted by atomic mass is 10.3. The topological polar surface area (TPSA) is 62.5 Å². The molecule has 2 aromatic rings. The van der Waals surface area contributed by atoms with Crippen LogP contribution in [-0.2, 0) is 14.1 Å². The second-order valence-corrected chi connectivity index (χ2v) is 5.82. The highest BCUT2D eigenvalue weighted by Crippen LogP contribution is 2.16. The lowest BCUT2D eigenvalue weighted by molar-refractivity contribution is 0.368. The molecule has 0 radical (unpaired) electrons. The number of nitrogens with zero attached hydrogens (tertiary/aromatic N) is 2. The normalized spacial score (nSPS) is 9.96. The Bertz CT molecular complexity index is 873. The number of methoxy groups -OCH3 is 1. The number of aromatic nitrogens is 2. The van der Waals surface area contributed by atoms with Crippen molar-refractivity contribution in [2.45, 2.75) is 5.03 Å². The molecule has 0 aliphatic rings. The number of ether oxygens (including phenoxy) is 2. The van der Waals surface area contributed by atoms with Gasteiger partial charge in [0.1, 0.15) is 18.1 Å². The summed E-state index contributed by atoms with van der Waals surface area (Å²) in [5.74, 6) is 7.79. The summed E-state index contributed by atoms with van der Waals surface area (Å²) in [6, 6.07) is 8.68. The molecule has 0 bridgehead atoms. The maximum Gasteiger partial charge on any atom is 0.331 e. The standard InChI is InChI=1S/C17H18N2O4S/c1-18-15(20)12-16(19(2)17(18)21)24-11-5-4-10-23-14-8-6-13(22-3)7-9-14/h6-9,12H,10-11H2,1-3H3. The van der Waals surface area contributed by atoms with E-state index in [1.54, 1.807) is 14.2 Å². The van der Waals surface area contributed by atoms with Gasteiger partial charge in [-0.3, -0.25) is 13.9 Å². The molecular formula is C17H18N2O4S. The van der Waals surface area contributed by atoms with Gasteiger partial charge in [0.05, 0.1) is 17.9 Å². The molecule has 0 atom stereocenters. The van der Waals surface area contributed by atoms with Gasteiger partial charge in [-0.2, -0.15) is 0 Å². The summed E-state index contributed by atoms with van der Waals surface area (Å²) in [5, 5.41) is 0.591. The molecule has 0 saturated carbocycles. The van der Waals surface area contributed by atoms with Crippen LogP contribution in [-0.4, -0.2) is 28.6 Å². The molecule has 6 nitrogen and oxygen atoms in total. The van der Waals surface area contributed by atoms with Gasteiger partial charge in [0.2, 0.25) is 0 Å². The maximum absolute atomic E-state index is 11.8. The number of hydrogen-bond donors (Lipinski definition) is 0. The molecule has 1 heterocycles. The van der Waals surface area contributed by atoms with Crippen molar-refractivity contribution in [3.8, 4) is 23.3 Å². The van der Waals surface area contributed by atoms with Crippen molar-refractivity contribution in [1.29, 1.82) is 0 Å². The van der Waals surface area contributed by atoms with E-state index < -0.39 is 0 Å². The molecule has 126 valence electrons. The number of hydrogen-bond acceptors (Lipinski definition) is 5. The van der Waals surface area contributed by atoms with E-state index >= 15 is 0 Å². The van der Waals surface area contributed by atoms with E-state index in [0.717, 1.165) is 10.3 Å². The Hall–Kier alpha value is -2.59. The molecule has 1 aromatic heterocycles. The predicted octanol–water partition coefficient (Wildman–Crippen LogP) is 1.27. The monoisotopic (exact) mass is 346 g/mol. The highest BCUT2D eigenvalue weighted by atomic mass is 32.2. The molecule has 0 amide bonds. The summed E-state index contributed by atoms with van der Waals surface area (Å²) in [5.41, 5.74) is -0.669. The van der Waals surface area contributed by atoms with E-state index in [1.807, 2.05) is 24.3 Å². The largest absolute Gasteiger partial charge is 0.497 e. The molecule has 0 saturated heterocycles. The summed E-state index contributed by atoms with van der Waals surface area (Å²) in [6.07, 6.45) is 0. The van der Waals surface area contributed by atoms with Crippen LogP contribution >= 0.6 is 11.8 Å². The van der Waals surface area contributed by atoms with Crippen LogP contribution in [0.3, 0.4) is 0 Å². The average Bonchev–Trinajstić information content (AvgIpc) is 2.60. The minimum atomic E-state index is -0.346. The molecule has 0 unspecified atom stereocenters. The van der Waals surface area contributed by atoms with E-state index in [4.69, 9.17) is 9.47 Å². The van der Waals surface area contributed by atoms with Crippen molar-refractivity contribution in [3.05, 3.63) is 51.2 Å². The molecule has 24 heavy (non-hydrogen) atoms. The lowest BCUT2D eigenvalue weighted by Crippen LogP contribution is -2.36. The van der Waals surface area contributed by atoms with E-state index in [-0.39, 0.29) is 17.9 Å². The minimum Gasteiger partial charge on any atom is -0.497 e. The summed E-state index contributed by atoms with van der Waals surface area (Å²) in [7, 11) is 4.69. The highest BCUT2D eigenvalue weighted by Gasteiger charge is 2.05. The van der Waals surface area contributed by atoms with Crippen LogP contribution in [0, 0.1) is 11.8 Å². The predicted molar refractivity (Wildman–Crippen MR) is 93.9 cm³/mol. The molecule has 0 spiro atoms. The Balaban J connectivity index is 1.86. The lowest BCUT2D eigenvalue weighted by Gasteiger charge is -2.06. The molecule has 0 aliphatic carbocycles. The van der Waals surface area contributed by atoms with E-state index in [2.05, 4.69) is 11.8 Å². The first kappa shape index (κ1) is 17.8. The number of benzene rings is 1. The average molecular weight is 346 g/mol. The van der Waals surface area contributed by atoms with Gasteiger partial charge in [-0.15, -0.1) is 0 Å². The van der Waals surface area contributed by atoms with Gasteiger partial charge < -0.3 is 9.47 Å². The quantitative estimate of drug-likeness (QED) is 0.463. The van der Waals surface area contributed by atoms with E-state index in [9.17, 15) is 9.59 Å². The molecule has 7 heteroatoms. The van der Waals surface area contributed by atoms with Crippen molar-refractivity contribution in [2.24, 2.45) is 14.1 Å². The molecule has 0 N–H and O–H groups in total. The maximum atomic E-state index is 11.8. The van der Waals surface area contributed by atoms with Crippen LogP contribution in [0.25, 0.3) is 0 Å². The van der Waals surface area contributed by atoms with E-state index in [1.165, 1.54) is 29.4 Å². The molecule has 1 aromatic carbocycles. The highest BCUT2D eigenvalue weighted by molar-refractivity contribution is 7.99. The van der Waals surface area contributed by atoms with Gasteiger partial charge in [-0.1, -0.05) is 23.6 Å². The first-order valence-corrected chi connectivity index (χ1v) is 8.14. The van der Waals surface area contributed by atoms with Crippen LogP contribution in [0.2, 0.25) is 0 Å². The third-order valence-electron chi connectivity index (χ3n) is 3.27. The Kier molecular flexibility index (Phi) is 6.15. The van der Waals surface area contributed by atoms with Crippen LogP contribution < -0.4 is 20.7 Å². The first-order chi connectivity index (χ1) is 11.5. The SMILES string of the molecule is COc1ccc(OCC#CCSc2cc(=O)n(C)c(=O)n2C)cc1. The second-order valence-electron chi connectivity index (χ2n) is 4.83. The Labute approximate surface area is 144 Å². The second kappa shape index (κ2) is 8.31. The molecule has 0 aliphatic heterocycles. The Morgan fingerprint density at radius 2 is 1.71 bits per heavy atom. The van der Waals surface area contributed by atoms with Gasteiger partial charge >= 0.3 is 5.69 Å². The number of thioether (sulfide) groups is 1. The third kappa shape index (κ3) is 4.46. The fraction of sp³-hybridized carbons (Fsp3) is 0.294. The third-order valence-corrected chi connectivity index (χ3v) is 4.25. The summed E-state index contributed by atoms with van der Waals surface area (Å²) >= 11 is 1.34. The van der Waals surface area contributed by atoms with Gasteiger partial charge in [-0.05, 0) is 24.3 Å². The van der Waals surface area contributed by atoms with Crippen LogP contribution in [0.15, 0.2) is 44.9 Å². The zero-order chi connectivity index (χ0) is 17.5. The van der Waals surface area contributed by atoms with Crippen molar-refractivity contribution >= 4 is 11.8 Å². The van der Waals surface area contributed by atoms with E-state index in [0.29, 0.717) is 16.5 Å². The molecular weight excluding hydrogens is 328 g/mol. The Morgan fingerprint density at radius 1 is 1.04 bits per heavy atom. The summed E-state index contributed by atoms with van der Waals surface area (Å²) in [6.45, 7) is 0.266. The van der Waals surface area contributed by atoms with Crippen molar-refractivity contribution in [3.63, 3.8) is 0 Å². The Morgan fingerprint density at radius 3 is 2.38 bits per heavy atom. The minimum absolute atomic E-state index is 0.266. The molecule has 0 fully saturated rings. The zero-order valence-corrected chi connectivity index (χ0v) is 14.6. The summed E-state index contributed by atoms with van der Waals surface area (Å²) in [4.78, 5) is 23.4. The zero-order valence-electron chi connectivity index (χ0n) is 13.7. The fourth-order valence-electron chi connectivity index (χ4n) is 1.85. The smallest absolute Gasteiger partial charge is 0.331 e. The molecule has 2 rings (SSSR count). The fourth-order valence-corrected chi connectivity index (χ4v) is 2.63. The van der Waals surface area contributed by atoms with Gasteiger partial charge in [-0.25, -0.2) is 4.79 Å². The van der Waals surface area contributed by atoms with Gasteiger partial charge in [0, 0.05) is 20.2 Å². The number of rotatable bonds is 5. The first-order valence-electron chi connectivity index (χ1n) is 7.15. The van der Waals surface area contributed by atoms with Crippen molar-refractivity contribution in [2.75, 3.05) is 19.5 Å². The van der Waals surface area contributed by atoms with Crippen molar-refractivity contribution in [1.82, 2.24) is 9.13 Å². The van der Waals surface area contributed by atoms with Crippen molar-refractivity contribution < 1.29 is 9.47 Å².